The number of anilines is 2. The van der Waals surface area contributed by atoms with Gasteiger partial charge < -0.3 is 5.32 Å². The van der Waals surface area contributed by atoms with E-state index in [2.05, 4.69) is 99.7 Å². The third-order valence-corrected chi connectivity index (χ3v) is 4.65. The Labute approximate surface area is 151 Å². The van der Waals surface area contributed by atoms with E-state index in [4.69, 9.17) is 0 Å². The molecule has 1 aliphatic carbocycles. The van der Waals surface area contributed by atoms with Gasteiger partial charge in [0.1, 0.15) is 0 Å². The number of rotatable bonds is 2. The van der Waals surface area contributed by atoms with Crippen LogP contribution >= 0.6 is 0 Å². The highest BCUT2D eigenvalue weighted by molar-refractivity contribution is 5.82. The van der Waals surface area contributed by atoms with Crippen LogP contribution in [0.3, 0.4) is 0 Å². The van der Waals surface area contributed by atoms with Crippen molar-refractivity contribution in [2.24, 2.45) is 0 Å². The van der Waals surface area contributed by atoms with E-state index in [-0.39, 0.29) is 5.41 Å². The highest BCUT2D eigenvalue weighted by Crippen LogP contribution is 2.49. The highest BCUT2D eigenvalue weighted by atomic mass is 14.9. The molecule has 0 amide bonds. The average molecular weight is 329 g/mol. The van der Waals surface area contributed by atoms with Gasteiger partial charge in [-0.1, -0.05) is 82.6 Å². The molecule has 1 nitrogen and oxygen atoms in total. The van der Waals surface area contributed by atoms with Gasteiger partial charge in [-0.3, -0.25) is 0 Å². The number of nitrogens with one attached hydrogen (secondary N) is 1. The Balaban J connectivity index is 0.000000569. The van der Waals surface area contributed by atoms with Gasteiger partial charge in [-0.25, -0.2) is 0 Å². The van der Waals surface area contributed by atoms with Gasteiger partial charge >= 0.3 is 0 Å². The molecule has 0 atom stereocenters. The van der Waals surface area contributed by atoms with Crippen LogP contribution in [0, 0.1) is 0 Å². The van der Waals surface area contributed by atoms with Gasteiger partial charge in [0.15, 0.2) is 0 Å². The first-order valence-corrected chi connectivity index (χ1v) is 9.14. The van der Waals surface area contributed by atoms with E-state index in [0.29, 0.717) is 0 Å². The molecular weight excluding hydrogens is 302 g/mol. The van der Waals surface area contributed by atoms with Crippen molar-refractivity contribution in [1.82, 2.24) is 0 Å². The summed E-state index contributed by atoms with van der Waals surface area (Å²) < 4.78 is 0. The van der Waals surface area contributed by atoms with Crippen molar-refractivity contribution in [2.75, 3.05) is 5.32 Å². The molecule has 0 saturated carbocycles. The first-order chi connectivity index (χ1) is 12.1. The third-order valence-electron chi connectivity index (χ3n) is 4.65. The van der Waals surface area contributed by atoms with Crippen molar-refractivity contribution in [1.29, 1.82) is 0 Å². The molecule has 0 bridgehead atoms. The zero-order valence-electron chi connectivity index (χ0n) is 15.6. The number of para-hydroxylation sites is 1. The lowest BCUT2D eigenvalue weighted by Gasteiger charge is -2.22. The Morgan fingerprint density at radius 1 is 0.680 bits per heavy atom. The van der Waals surface area contributed by atoms with Crippen LogP contribution in [0.25, 0.3) is 11.1 Å². The Bertz CT molecular complexity index is 847. The molecule has 1 N–H and O–H groups in total. The predicted molar refractivity (Wildman–Crippen MR) is 110 cm³/mol. The van der Waals surface area contributed by atoms with Gasteiger partial charge in [0.25, 0.3) is 0 Å². The topological polar surface area (TPSA) is 12.0 Å². The van der Waals surface area contributed by atoms with Crippen molar-refractivity contribution in [2.45, 2.75) is 39.5 Å². The fraction of sp³-hybridized carbons (Fsp3) is 0.250. The van der Waals surface area contributed by atoms with Crippen molar-refractivity contribution in [3.8, 4) is 11.1 Å². The lowest BCUT2D eigenvalue weighted by atomic mass is 9.82. The summed E-state index contributed by atoms with van der Waals surface area (Å²) in [5.74, 6) is 0. The zero-order chi connectivity index (χ0) is 17.9. The van der Waals surface area contributed by atoms with E-state index in [1.165, 1.54) is 28.7 Å². The second kappa shape index (κ2) is 7.14. The quantitative estimate of drug-likeness (QED) is 0.526. The summed E-state index contributed by atoms with van der Waals surface area (Å²) in [5.41, 5.74) is 7.87. The Kier molecular flexibility index (Phi) is 4.94. The summed E-state index contributed by atoms with van der Waals surface area (Å²) in [6, 6.07) is 25.8. The van der Waals surface area contributed by atoms with E-state index in [1.807, 2.05) is 6.07 Å². The van der Waals surface area contributed by atoms with E-state index in [9.17, 15) is 0 Å². The number of fused-ring (bicyclic) bond motifs is 3. The minimum atomic E-state index is 0.0559. The monoisotopic (exact) mass is 329 g/mol. The van der Waals surface area contributed by atoms with Gasteiger partial charge in [0.2, 0.25) is 0 Å². The fourth-order valence-electron chi connectivity index (χ4n) is 3.47. The molecule has 4 rings (SSSR count). The molecular formula is C24H27N. The van der Waals surface area contributed by atoms with Crippen LogP contribution in [-0.2, 0) is 5.41 Å². The van der Waals surface area contributed by atoms with Gasteiger partial charge in [-0.05, 0) is 46.5 Å². The molecule has 3 aromatic carbocycles. The summed E-state index contributed by atoms with van der Waals surface area (Å²) in [6.45, 7) is 8.87. The summed E-state index contributed by atoms with van der Waals surface area (Å²) in [5, 5.41) is 3.50. The normalized spacial score (nSPS) is 13.3. The van der Waals surface area contributed by atoms with Crippen LogP contribution in [0.15, 0.2) is 72.8 Å². The summed E-state index contributed by atoms with van der Waals surface area (Å²) in [4.78, 5) is 0. The van der Waals surface area contributed by atoms with Crippen LogP contribution in [0.1, 0.15) is 45.2 Å². The maximum atomic E-state index is 3.50. The SMILES string of the molecule is CC1(C)c2ccccc2-c2ccc(Nc3ccccc3)cc21.CCC. The second-order valence-electron chi connectivity index (χ2n) is 7.13. The van der Waals surface area contributed by atoms with E-state index in [0.717, 1.165) is 11.4 Å². The fourth-order valence-corrected chi connectivity index (χ4v) is 3.47. The Morgan fingerprint density at radius 3 is 2.00 bits per heavy atom. The van der Waals surface area contributed by atoms with Crippen LogP contribution in [0.2, 0.25) is 0 Å². The highest BCUT2D eigenvalue weighted by Gasteiger charge is 2.35. The first kappa shape index (κ1) is 17.3. The van der Waals surface area contributed by atoms with Crippen molar-refractivity contribution in [3.05, 3.63) is 83.9 Å². The lowest BCUT2D eigenvalue weighted by Crippen LogP contribution is -2.15. The molecule has 3 aromatic rings. The molecule has 1 heteroatoms. The summed E-state index contributed by atoms with van der Waals surface area (Å²) in [6.07, 6.45) is 1.25. The lowest BCUT2D eigenvalue weighted by molar-refractivity contribution is 0.660. The van der Waals surface area contributed by atoms with Gasteiger partial charge in [0, 0.05) is 16.8 Å². The molecule has 25 heavy (non-hydrogen) atoms. The van der Waals surface area contributed by atoms with Crippen molar-refractivity contribution < 1.29 is 0 Å². The maximum absolute atomic E-state index is 3.50. The van der Waals surface area contributed by atoms with E-state index >= 15 is 0 Å². The van der Waals surface area contributed by atoms with Gasteiger partial charge in [-0.2, -0.15) is 0 Å². The summed E-state index contributed by atoms with van der Waals surface area (Å²) in [7, 11) is 0. The number of benzene rings is 3. The summed E-state index contributed by atoms with van der Waals surface area (Å²) >= 11 is 0. The molecule has 0 aliphatic heterocycles. The van der Waals surface area contributed by atoms with Crippen LogP contribution < -0.4 is 5.32 Å². The zero-order valence-corrected chi connectivity index (χ0v) is 15.6. The smallest absolute Gasteiger partial charge is 0.0387 e. The molecule has 0 unspecified atom stereocenters. The molecule has 0 spiro atoms. The maximum Gasteiger partial charge on any atom is 0.0387 e. The minimum Gasteiger partial charge on any atom is -0.356 e. The Morgan fingerprint density at radius 2 is 1.28 bits per heavy atom. The standard InChI is InChI=1S/C21H19N.C3H8/c1-21(2)19-11-7-6-10-17(19)18-13-12-16(14-20(18)21)22-15-8-4-3-5-9-15;1-3-2/h3-14,22H,1-2H3;3H2,1-2H3. The van der Waals surface area contributed by atoms with Gasteiger partial charge in [0.05, 0.1) is 0 Å². The van der Waals surface area contributed by atoms with Crippen molar-refractivity contribution in [3.63, 3.8) is 0 Å². The van der Waals surface area contributed by atoms with Crippen LogP contribution in [0.4, 0.5) is 11.4 Å². The van der Waals surface area contributed by atoms with Gasteiger partial charge in [-0.15, -0.1) is 0 Å². The molecule has 0 radical (unpaired) electrons. The largest absolute Gasteiger partial charge is 0.356 e. The minimum absolute atomic E-state index is 0.0559. The first-order valence-electron chi connectivity index (χ1n) is 9.14. The average Bonchev–Trinajstić information content (AvgIpc) is 2.85. The third kappa shape index (κ3) is 3.32. The number of hydrogen-bond acceptors (Lipinski definition) is 1. The molecule has 0 aromatic heterocycles. The molecule has 0 fully saturated rings. The van der Waals surface area contributed by atoms with E-state index < -0.39 is 0 Å². The predicted octanol–water partition coefficient (Wildman–Crippen LogP) is 7.15. The van der Waals surface area contributed by atoms with Crippen LogP contribution in [-0.4, -0.2) is 0 Å². The molecule has 0 saturated heterocycles. The molecule has 0 heterocycles. The van der Waals surface area contributed by atoms with Crippen LogP contribution in [0.5, 0.6) is 0 Å². The number of hydrogen-bond donors (Lipinski definition) is 1. The van der Waals surface area contributed by atoms with E-state index in [1.54, 1.807) is 0 Å². The van der Waals surface area contributed by atoms with Crippen molar-refractivity contribution >= 4 is 11.4 Å². The molecule has 128 valence electrons. The Hall–Kier alpha value is -2.54. The second-order valence-corrected chi connectivity index (χ2v) is 7.13. The molecule has 1 aliphatic rings.